The predicted molar refractivity (Wildman–Crippen MR) is 103 cm³/mol. The third-order valence-electron chi connectivity index (χ3n) is 4.91. The van der Waals surface area contributed by atoms with Crippen molar-refractivity contribution in [1.29, 1.82) is 0 Å². The predicted octanol–water partition coefficient (Wildman–Crippen LogP) is 1.20. The summed E-state index contributed by atoms with van der Waals surface area (Å²) in [5.41, 5.74) is 0.563. The Morgan fingerprint density at radius 1 is 1.32 bits per heavy atom. The van der Waals surface area contributed by atoms with Gasteiger partial charge < -0.3 is 9.84 Å². The van der Waals surface area contributed by atoms with Crippen LogP contribution in [0, 0.1) is 0 Å². The average molecular weight is 407 g/mol. The maximum Gasteiger partial charge on any atom is 0.316 e. The summed E-state index contributed by atoms with van der Waals surface area (Å²) in [7, 11) is -0.564. The first-order valence-electron chi connectivity index (χ1n) is 9.22. The summed E-state index contributed by atoms with van der Waals surface area (Å²) in [6.07, 6.45) is 2.20. The molecule has 152 valence electrons. The number of amides is 1. The van der Waals surface area contributed by atoms with E-state index >= 15 is 0 Å². The zero-order valence-electron chi connectivity index (χ0n) is 16.3. The average Bonchev–Trinajstić information content (AvgIpc) is 3.35. The standard InChI is InChI=1S/C18H25N5O4S/c1-4-23-11-5-6-14(23)12-19-17(24)18-20-16(21-27-18)13-7-9-15(10-8-13)28(25,26)22(2)3/h7-10,14H,4-6,11-12H2,1-3H3,(H,19,24)/t14-/m0/s1. The molecule has 0 saturated carbocycles. The maximum atomic E-state index is 12.3. The van der Waals surface area contributed by atoms with Crippen molar-refractivity contribution in [2.75, 3.05) is 33.7 Å². The highest BCUT2D eigenvalue weighted by atomic mass is 32.2. The van der Waals surface area contributed by atoms with Gasteiger partial charge in [0.05, 0.1) is 4.90 Å². The van der Waals surface area contributed by atoms with Gasteiger partial charge in [-0.25, -0.2) is 12.7 Å². The SMILES string of the molecule is CCN1CCC[C@H]1CNC(=O)c1nc(-c2ccc(S(=O)(=O)N(C)C)cc2)no1. The van der Waals surface area contributed by atoms with Crippen molar-refractivity contribution in [3.8, 4) is 11.4 Å². The Morgan fingerprint density at radius 2 is 2.04 bits per heavy atom. The number of benzene rings is 1. The molecule has 1 aromatic carbocycles. The molecule has 1 fully saturated rings. The van der Waals surface area contributed by atoms with Crippen LogP contribution in [0.3, 0.4) is 0 Å². The molecule has 9 nitrogen and oxygen atoms in total. The van der Waals surface area contributed by atoms with Gasteiger partial charge in [0.2, 0.25) is 15.8 Å². The van der Waals surface area contributed by atoms with E-state index in [4.69, 9.17) is 4.52 Å². The van der Waals surface area contributed by atoms with E-state index in [1.807, 2.05) is 0 Å². The molecule has 3 rings (SSSR count). The molecule has 0 radical (unpaired) electrons. The molecular weight excluding hydrogens is 382 g/mol. The van der Waals surface area contributed by atoms with E-state index in [1.54, 1.807) is 12.1 Å². The molecule has 0 spiro atoms. The summed E-state index contributed by atoms with van der Waals surface area (Å²) in [6.45, 7) is 4.67. The minimum Gasteiger partial charge on any atom is -0.346 e. The van der Waals surface area contributed by atoms with E-state index < -0.39 is 15.9 Å². The fourth-order valence-corrected chi connectivity index (χ4v) is 4.15. The molecule has 1 atom stereocenters. The van der Waals surface area contributed by atoms with Crippen LogP contribution in [0.25, 0.3) is 11.4 Å². The van der Waals surface area contributed by atoms with E-state index in [0.29, 0.717) is 18.2 Å². The molecule has 10 heteroatoms. The Kier molecular flexibility index (Phi) is 6.11. The molecule has 0 bridgehead atoms. The third kappa shape index (κ3) is 4.23. The van der Waals surface area contributed by atoms with Crippen molar-refractivity contribution in [3.05, 3.63) is 30.2 Å². The number of hydrogen-bond donors (Lipinski definition) is 1. The first-order valence-corrected chi connectivity index (χ1v) is 10.7. The summed E-state index contributed by atoms with van der Waals surface area (Å²) in [5, 5.41) is 6.68. The van der Waals surface area contributed by atoms with Crippen molar-refractivity contribution >= 4 is 15.9 Å². The third-order valence-corrected chi connectivity index (χ3v) is 6.74. The molecule has 1 amide bonds. The monoisotopic (exact) mass is 407 g/mol. The van der Waals surface area contributed by atoms with Crippen LogP contribution < -0.4 is 5.32 Å². The summed E-state index contributed by atoms with van der Waals surface area (Å²) in [6, 6.07) is 6.45. The molecule has 2 aromatic rings. The largest absolute Gasteiger partial charge is 0.346 e. The van der Waals surface area contributed by atoms with Crippen LogP contribution in [0.4, 0.5) is 0 Å². The number of carbonyl (C=O) groups is 1. The highest BCUT2D eigenvalue weighted by Crippen LogP contribution is 2.20. The number of aromatic nitrogens is 2. The Labute approximate surface area is 164 Å². The summed E-state index contributed by atoms with van der Waals surface area (Å²) < 4.78 is 30.5. The molecule has 2 heterocycles. The Morgan fingerprint density at radius 3 is 2.68 bits per heavy atom. The number of nitrogens with one attached hydrogen (secondary N) is 1. The van der Waals surface area contributed by atoms with Gasteiger partial charge in [0.25, 0.3) is 0 Å². The van der Waals surface area contributed by atoms with Crippen LogP contribution in [-0.2, 0) is 10.0 Å². The lowest BCUT2D eigenvalue weighted by molar-refractivity contribution is 0.0897. The van der Waals surface area contributed by atoms with Crippen molar-refractivity contribution in [2.24, 2.45) is 0 Å². The van der Waals surface area contributed by atoms with Crippen molar-refractivity contribution in [3.63, 3.8) is 0 Å². The molecule has 0 aliphatic carbocycles. The Bertz CT molecular complexity index is 924. The van der Waals surface area contributed by atoms with E-state index in [1.165, 1.54) is 26.2 Å². The molecule has 1 N–H and O–H groups in total. The van der Waals surface area contributed by atoms with Crippen LogP contribution in [0.1, 0.15) is 30.5 Å². The minimum absolute atomic E-state index is 0.110. The Balaban J connectivity index is 1.66. The highest BCUT2D eigenvalue weighted by molar-refractivity contribution is 7.89. The van der Waals surface area contributed by atoms with Gasteiger partial charge in [-0.05, 0) is 50.2 Å². The summed E-state index contributed by atoms with van der Waals surface area (Å²) in [4.78, 5) is 18.9. The van der Waals surface area contributed by atoms with Crippen LogP contribution in [0.5, 0.6) is 0 Å². The quantitative estimate of drug-likeness (QED) is 0.734. The maximum absolute atomic E-state index is 12.3. The first kappa shape index (κ1) is 20.4. The number of carbonyl (C=O) groups excluding carboxylic acids is 1. The van der Waals surface area contributed by atoms with Crippen LogP contribution in [0.2, 0.25) is 0 Å². The zero-order chi connectivity index (χ0) is 20.3. The lowest BCUT2D eigenvalue weighted by atomic mass is 10.2. The second-order valence-corrected chi connectivity index (χ2v) is 9.02. The number of likely N-dealkylation sites (tertiary alicyclic amines) is 1. The Hall–Kier alpha value is -2.30. The van der Waals surface area contributed by atoms with E-state index in [2.05, 4.69) is 27.3 Å². The molecule has 1 saturated heterocycles. The number of sulfonamides is 1. The number of likely N-dealkylation sites (N-methyl/N-ethyl adjacent to an activating group) is 1. The van der Waals surface area contributed by atoms with Gasteiger partial charge in [-0.1, -0.05) is 12.1 Å². The minimum atomic E-state index is -3.51. The van der Waals surface area contributed by atoms with E-state index in [9.17, 15) is 13.2 Å². The van der Waals surface area contributed by atoms with Gasteiger partial charge in [-0.15, -0.1) is 0 Å². The fourth-order valence-electron chi connectivity index (χ4n) is 3.25. The fraction of sp³-hybridized carbons (Fsp3) is 0.500. The van der Waals surface area contributed by atoms with Gasteiger partial charge >= 0.3 is 11.8 Å². The van der Waals surface area contributed by atoms with Gasteiger partial charge in [0.15, 0.2) is 0 Å². The second-order valence-electron chi connectivity index (χ2n) is 6.87. The van der Waals surface area contributed by atoms with Gasteiger partial charge in [-0.2, -0.15) is 4.98 Å². The van der Waals surface area contributed by atoms with E-state index in [0.717, 1.165) is 30.2 Å². The molecular formula is C18H25N5O4S. The van der Waals surface area contributed by atoms with Crippen molar-refractivity contribution in [1.82, 2.24) is 24.7 Å². The molecule has 1 aliphatic heterocycles. The van der Waals surface area contributed by atoms with Crippen LogP contribution in [-0.4, -0.2) is 73.4 Å². The van der Waals surface area contributed by atoms with Crippen molar-refractivity contribution < 1.29 is 17.7 Å². The second kappa shape index (κ2) is 8.38. The normalized spacial score (nSPS) is 17.9. The lowest BCUT2D eigenvalue weighted by Gasteiger charge is -2.22. The smallest absolute Gasteiger partial charge is 0.316 e. The lowest BCUT2D eigenvalue weighted by Crippen LogP contribution is -2.40. The topological polar surface area (TPSA) is 109 Å². The summed E-state index contributed by atoms with van der Waals surface area (Å²) >= 11 is 0. The van der Waals surface area contributed by atoms with Crippen LogP contribution >= 0.6 is 0 Å². The molecule has 1 aromatic heterocycles. The van der Waals surface area contributed by atoms with Gasteiger partial charge in [0, 0.05) is 32.2 Å². The zero-order valence-corrected chi connectivity index (χ0v) is 17.1. The van der Waals surface area contributed by atoms with Gasteiger partial charge in [0.1, 0.15) is 0 Å². The number of nitrogens with zero attached hydrogens (tertiary/aromatic N) is 4. The molecule has 0 unspecified atom stereocenters. The molecule has 1 aliphatic rings. The van der Waals surface area contributed by atoms with Gasteiger partial charge in [-0.3, -0.25) is 9.69 Å². The number of hydrogen-bond acceptors (Lipinski definition) is 7. The molecule has 28 heavy (non-hydrogen) atoms. The van der Waals surface area contributed by atoms with Crippen LogP contribution in [0.15, 0.2) is 33.7 Å². The first-order chi connectivity index (χ1) is 13.3. The number of rotatable bonds is 7. The van der Waals surface area contributed by atoms with E-state index in [-0.39, 0.29) is 16.6 Å². The summed E-state index contributed by atoms with van der Waals surface area (Å²) in [5.74, 6) is -0.287. The highest BCUT2D eigenvalue weighted by Gasteiger charge is 2.25. The van der Waals surface area contributed by atoms with Crippen molar-refractivity contribution in [2.45, 2.75) is 30.7 Å².